The molecule has 2 aliphatic heterocycles. The quantitative estimate of drug-likeness (QED) is 0.171. The molecular formula is C31H44O5S2. The summed E-state index contributed by atoms with van der Waals surface area (Å²) >= 11 is 3.29. The number of thiophene rings is 2. The van der Waals surface area contributed by atoms with Crippen molar-refractivity contribution in [3.05, 3.63) is 10.8 Å². The predicted molar refractivity (Wildman–Crippen MR) is 157 cm³/mol. The molecule has 210 valence electrons. The van der Waals surface area contributed by atoms with Crippen LogP contribution in [0.5, 0.6) is 23.0 Å². The monoisotopic (exact) mass is 560 g/mol. The van der Waals surface area contributed by atoms with Crippen molar-refractivity contribution in [2.45, 2.75) is 85.0 Å². The van der Waals surface area contributed by atoms with Gasteiger partial charge in [-0.05, 0) is 12.8 Å². The number of fused-ring (bicyclic) bond motifs is 2. The van der Waals surface area contributed by atoms with Crippen LogP contribution in [0, 0.1) is 23.2 Å². The standard InChI is InChI=1S/C31H44O5S2/c1-5-8-10-12-14-31(15-13-11-9-6-2)22-34-25-18-38-29(27(25)36-23-31)28-26-24(17-37-28)33-20-30(4,21-35-26)19-32-16-7-3/h3,17-18H,5-6,8-16,19-23H2,1-2,4H3. The van der Waals surface area contributed by atoms with Gasteiger partial charge in [-0.1, -0.05) is 78.1 Å². The van der Waals surface area contributed by atoms with Gasteiger partial charge in [0, 0.05) is 16.2 Å². The summed E-state index contributed by atoms with van der Waals surface area (Å²) in [5.74, 6) is 5.82. The summed E-state index contributed by atoms with van der Waals surface area (Å²) in [7, 11) is 0. The van der Waals surface area contributed by atoms with E-state index in [-0.39, 0.29) is 10.8 Å². The maximum Gasteiger partial charge on any atom is 0.180 e. The smallest absolute Gasteiger partial charge is 0.180 e. The van der Waals surface area contributed by atoms with Crippen LogP contribution in [0.15, 0.2) is 10.8 Å². The highest BCUT2D eigenvalue weighted by Gasteiger charge is 2.37. The van der Waals surface area contributed by atoms with E-state index in [1.807, 2.05) is 5.38 Å². The Hall–Kier alpha value is -1.88. The lowest BCUT2D eigenvalue weighted by Gasteiger charge is -2.31. The predicted octanol–water partition coefficient (Wildman–Crippen LogP) is 8.60. The zero-order valence-electron chi connectivity index (χ0n) is 23.4. The SMILES string of the molecule is C#CCOCC1(C)COc2csc(-c3scc4c3OCC(CCCCCC)(CCCCCC)CO4)c2OC1. The Bertz CT molecular complexity index is 1040. The van der Waals surface area contributed by atoms with E-state index >= 15 is 0 Å². The molecule has 0 N–H and O–H groups in total. The average Bonchev–Trinajstić information content (AvgIpc) is 3.42. The molecule has 0 bridgehead atoms. The van der Waals surface area contributed by atoms with Crippen molar-refractivity contribution < 1.29 is 23.7 Å². The molecule has 0 amide bonds. The Kier molecular flexibility index (Phi) is 10.7. The number of rotatable bonds is 14. The van der Waals surface area contributed by atoms with Crippen molar-refractivity contribution >= 4 is 22.7 Å². The molecule has 2 aromatic heterocycles. The third kappa shape index (κ3) is 7.20. The van der Waals surface area contributed by atoms with Gasteiger partial charge >= 0.3 is 0 Å². The fraction of sp³-hybridized carbons (Fsp3) is 0.677. The molecule has 0 fully saturated rings. The first-order valence-corrected chi connectivity index (χ1v) is 16.0. The van der Waals surface area contributed by atoms with Crippen LogP contribution in [0.25, 0.3) is 9.75 Å². The molecule has 0 radical (unpaired) electrons. The topological polar surface area (TPSA) is 46.2 Å². The lowest BCUT2D eigenvalue weighted by molar-refractivity contribution is 0.0188. The van der Waals surface area contributed by atoms with Gasteiger partial charge in [0.1, 0.15) is 6.61 Å². The molecule has 2 aliphatic rings. The van der Waals surface area contributed by atoms with Gasteiger partial charge in [-0.3, -0.25) is 0 Å². The normalized spacial score (nSPS) is 19.9. The molecule has 38 heavy (non-hydrogen) atoms. The maximum atomic E-state index is 6.66. The molecule has 0 saturated heterocycles. The Morgan fingerprint density at radius 1 is 0.789 bits per heavy atom. The van der Waals surface area contributed by atoms with E-state index in [2.05, 4.69) is 32.1 Å². The van der Waals surface area contributed by atoms with E-state index in [1.165, 1.54) is 51.4 Å². The summed E-state index contributed by atoms with van der Waals surface area (Å²) < 4.78 is 31.3. The van der Waals surface area contributed by atoms with Crippen LogP contribution in [0.2, 0.25) is 0 Å². The summed E-state index contributed by atoms with van der Waals surface area (Å²) in [6.45, 7) is 9.87. The van der Waals surface area contributed by atoms with Gasteiger partial charge in [0.25, 0.3) is 0 Å². The Morgan fingerprint density at radius 3 is 1.89 bits per heavy atom. The van der Waals surface area contributed by atoms with E-state index in [0.29, 0.717) is 33.0 Å². The fourth-order valence-electron chi connectivity index (χ4n) is 5.19. The molecule has 0 saturated carbocycles. The molecule has 2 aromatic rings. The summed E-state index contributed by atoms with van der Waals surface area (Å²) in [4.78, 5) is 2.11. The van der Waals surface area contributed by atoms with E-state index in [4.69, 9.17) is 30.1 Å². The van der Waals surface area contributed by atoms with Crippen molar-refractivity contribution in [1.29, 1.82) is 0 Å². The van der Waals surface area contributed by atoms with Crippen LogP contribution in [-0.4, -0.2) is 39.6 Å². The molecule has 1 atom stereocenters. The lowest BCUT2D eigenvalue weighted by atomic mass is 9.79. The minimum atomic E-state index is -0.272. The van der Waals surface area contributed by atoms with Crippen molar-refractivity contribution in [1.82, 2.24) is 0 Å². The van der Waals surface area contributed by atoms with Crippen LogP contribution in [-0.2, 0) is 4.74 Å². The second-order valence-corrected chi connectivity index (χ2v) is 13.1. The first-order chi connectivity index (χ1) is 18.5. The summed E-state index contributed by atoms with van der Waals surface area (Å²) in [5, 5.41) is 4.13. The number of terminal acetylenes is 1. The second-order valence-electron chi connectivity index (χ2n) is 11.3. The third-order valence-corrected chi connectivity index (χ3v) is 9.63. The number of ether oxygens (including phenoxy) is 5. The van der Waals surface area contributed by atoms with Crippen LogP contribution >= 0.6 is 22.7 Å². The van der Waals surface area contributed by atoms with Crippen molar-refractivity contribution in [2.24, 2.45) is 10.8 Å². The minimum Gasteiger partial charge on any atom is -0.488 e. The molecule has 4 rings (SSSR count). The lowest BCUT2D eigenvalue weighted by Crippen LogP contribution is -2.35. The molecule has 1 unspecified atom stereocenters. The largest absolute Gasteiger partial charge is 0.488 e. The zero-order valence-corrected chi connectivity index (χ0v) is 25.0. The van der Waals surface area contributed by atoms with Gasteiger partial charge in [-0.2, -0.15) is 0 Å². The number of hydrogen-bond acceptors (Lipinski definition) is 7. The number of unbranched alkanes of at least 4 members (excludes halogenated alkanes) is 6. The molecule has 0 aromatic carbocycles. The summed E-state index contributed by atoms with van der Waals surface area (Å²) in [5.41, 5.74) is -0.201. The molecule has 0 aliphatic carbocycles. The second kappa shape index (κ2) is 14.0. The maximum absolute atomic E-state index is 6.66. The Labute approximate surface area is 237 Å². The van der Waals surface area contributed by atoms with Crippen LogP contribution in [0.1, 0.15) is 85.0 Å². The Balaban J connectivity index is 1.48. The van der Waals surface area contributed by atoms with Gasteiger partial charge in [0.15, 0.2) is 23.0 Å². The van der Waals surface area contributed by atoms with Gasteiger partial charge in [-0.15, -0.1) is 29.1 Å². The molecule has 5 nitrogen and oxygen atoms in total. The van der Waals surface area contributed by atoms with Crippen molar-refractivity contribution in [3.8, 4) is 45.1 Å². The van der Waals surface area contributed by atoms with E-state index in [0.717, 1.165) is 52.2 Å². The van der Waals surface area contributed by atoms with Crippen molar-refractivity contribution in [2.75, 3.05) is 39.6 Å². The first kappa shape index (κ1) is 29.1. The van der Waals surface area contributed by atoms with Crippen LogP contribution in [0.3, 0.4) is 0 Å². The number of hydrogen-bond donors (Lipinski definition) is 0. The van der Waals surface area contributed by atoms with E-state index < -0.39 is 0 Å². The highest BCUT2D eigenvalue weighted by molar-refractivity contribution is 7.21. The molecule has 4 heterocycles. The highest BCUT2D eigenvalue weighted by atomic mass is 32.1. The fourth-order valence-corrected chi connectivity index (χ4v) is 7.21. The van der Waals surface area contributed by atoms with Gasteiger partial charge < -0.3 is 23.7 Å². The van der Waals surface area contributed by atoms with Crippen LogP contribution in [0.4, 0.5) is 0 Å². The van der Waals surface area contributed by atoms with E-state index in [9.17, 15) is 0 Å². The molecular weight excluding hydrogens is 516 g/mol. The first-order valence-electron chi connectivity index (χ1n) is 14.3. The third-order valence-electron chi connectivity index (χ3n) is 7.59. The van der Waals surface area contributed by atoms with Gasteiger partial charge in [0.05, 0.1) is 48.2 Å². The van der Waals surface area contributed by atoms with Crippen molar-refractivity contribution in [3.63, 3.8) is 0 Å². The molecule has 7 heteroatoms. The Morgan fingerprint density at radius 2 is 1.32 bits per heavy atom. The summed E-state index contributed by atoms with van der Waals surface area (Å²) in [6.07, 6.45) is 17.8. The highest BCUT2D eigenvalue weighted by Crippen LogP contribution is 2.55. The zero-order chi connectivity index (χ0) is 26.8. The summed E-state index contributed by atoms with van der Waals surface area (Å²) in [6, 6.07) is 0. The van der Waals surface area contributed by atoms with Crippen LogP contribution < -0.4 is 18.9 Å². The molecule has 0 spiro atoms. The van der Waals surface area contributed by atoms with Gasteiger partial charge in [-0.25, -0.2) is 0 Å². The minimum absolute atomic E-state index is 0.0710. The average molecular weight is 561 g/mol. The van der Waals surface area contributed by atoms with E-state index in [1.54, 1.807) is 22.7 Å². The van der Waals surface area contributed by atoms with Gasteiger partial charge in [0.2, 0.25) is 0 Å².